The molecule has 142 valence electrons. The molecule has 1 aliphatic rings. The van der Waals surface area contributed by atoms with Crippen LogP contribution in [0.2, 0.25) is 0 Å². The Morgan fingerprint density at radius 2 is 1.86 bits per heavy atom. The predicted molar refractivity (Wildman–Crippen MR) is 108 cm³/mol. The standard InChI is InChI=1S/C24H23FN2O/c25-23-15-20(8-9-22(23)19-5-2-1-3-6-19)24(28)21-7-4-14-27(17-21)16-18-10-12-26-13-11-18/h1-3,5-6,8-13,15,21H,4,7,14,16-17H2. The zero-order chi connectivity index (χ0) is 19.3. The zero-order valence-corrected chi connectivity index (χ0v) is 15.7. The molecule has 28 heavy (non-hydrogen) atoms. The molecule has 0 bridgehead atoms. The number of aromatic nitrogens is 1. The highest BCUT2D eigenvalue weighted by atomic mass is 19.1. The van der Waals surface area contributed by atoms with Gasteiger partial charge in [0.15, 0.2) is 5.78 Å². The van der Waals surface area contributed by atoms with Crippen molar-refractivity contribution in [2.75, 3.05) is 13.1 Å². The Morgan fingerprint density at radius 1 is 1.07 bits per heavy atom. The van der Waals surface area contributed by atoms with Gasteiger partial charge in [0.25, 0.3) is 0 Å². The number of carbonyl (C=O) groups is 1. The van der Waals surface area contributed by atoms with Crippen LogP contribution in [-0.2, 0) is 6.54 Å². The molecule has 0 saturated carbocycles. The summed E-state index contributed by atoms with van der Waals surface area (Å²) in [6, 6.07) is 18.3. The summed E-state index contributed by atoms with van der Waals surface area (Å²) in [4.78, 5) is 19.3. The van der Waals surface area contributed by atoms with Gasteiger partial charge in [-0.2, -0.15) is 0 Å². The Labute approximate surface area is 164 Å². The van der Waals surface area contributed by atoms with Crippen molar-refractivity contribution in [1.29, 1.82) is 0 Å². The Balaban J connectivity index is 1.47. The Hall–Kier alpha value is -2.85. The number of nitrogens with zero attached hydrogens (tertiary/aromatic N) is 2. The molecule has 4 heteroatoms. The number of Topliss-reactive ketones (excluding diaryl/α,β-unsaturated/α-hetero) is 1. The van der Waals surface area contributed by atoms with Crippen LogP contribution < -0.4 is 0 Å². The molecule has 2 aromatic carbocycles. The molecular formula is C24H23FN2O. The predicted octanol–water partition coefficient (Wildman–Crippen LogP) is 4.98. The topological polar surface area (TPSA) is 33.2 Å². The summed E-state index contributed by atoms with van der Waals surface area (Å²) in [6.45, 7) is 2.50. The molecular weight excluding hydrogens is 351 g/mol. The van der Waals surface area contributed by atoms with Crippen LogP contribution in [-0.4, -0.2) is 28.8 Å². The van der Waals surface area contributed by atoms with E-state index in [0.717, 1.165) is 31.5 Å². The highest BCUT2D eigenvalue weighted by molar-refractivity contribution is 5.98. The summed E-state index contributed by atoms with van der Waals surface area (Å²) >= 11 is 0. The zero-order valence-electron chi connectivity index (χ0n) is 15.7. The number of benzene rings is 2. The number of carbonyl (C=O) groups excluding carboxylic acids is 1. The normalized spacial score (nSPS) is 17.4. The first kappa shape index (κ1) is 18.5. The number of hydrogen-bond acceptors (Lipinski definition) is 3. The first-order valence-corrected chi connectivity index (χ1v) is 9.71. The van der Waals surface area contributed by atoms with Crippen LogP contribution in [0.25, 0.3) is 11.1 Å². The molecule has 0 N–H and O–H groups in total. The molecule has 0 radical (unpaired) electrons. The SMILES string of the molecule is O=C(c1ccc(-c2ccccc2)c(F)c1)C1CCCN(Cc2ccncc2)C1. The lowest BCUT2D eigenvalue weighted by atomic mass is 9.89. The van der Waals surface area contributed by atoms with Crippen LogP contribution >= 0.6 is 0 Å². The van der Waals surface area contributed by atoms with E-state index in [1.807, 2.05) is 42.5 Å². The second kappa shape index (κ2) is 8.44. The molecule has 1 aliphatic heterocycles. The average molecular weight is 374 g/mol. The van der Waals surface area contributed by atoms with E-state index < -0.39 is 0 Å². The van der Waals surface area contributed by atoms with Crippen molar-refractivity contribution < 1.29 is 9.18 Å². The largest absolute Gasteiger partial charge is 0.298 e. The third-order valence-corrected chi connectivity index (χ3v) is 5.37. The van der Waals surface area contributed by atoms with Crippen LogP contribution in [0.4, 0.5) is 4.39 Å². The van der Waals surface area contributed by atoms with Gasteiger partial charge in [0, 0.05) is 42.5 Å². The van der Waals surface area contributed by atoms with E-state index in [-0.39, 0.29) is 17.5 Å². The van der Waals surface area contributed by atoms with Gasteiger partial charge in [0.2, 0.25) is 0 Å². The minimum Gasteiger partial charge on any atom is -0.298 e. The lowest BCUT2D eigenvalue weighted by Gasteiger charge is -2.32. The number of hydrogen-bond donors (Lipinski definition) is 0. The first-order chi connectivity index (χ1) is 13.7. The lowest BCUT2D eigenvalue weighted by Crippen LogP contribution is -2.38. The number of likely N-dealkylation sites (tertiary alicyclic amines) is 1. The van der Waals surface area contributed by atoms with E-state index in [1.165, 1.54) is 11.6 Å². The van der Waals surface area contributed by atoms with E-state index in [0.29, 0.717) is 17.7 Å². The molecule has 3 nitrogen and oxygen atoms in total. The molecule has 1 saturated heterocycles. The Bertz CT molecular complexity index is 943. The van der Waals surface area contributed by atoms with E-state index >= 15 is 0 Å². The van der Waals surface area contributed by atoms with Crippen molar-refractivity contribution in [3.63, 3.8) is 0 Å². The minimum absolute atomic E-state index is 0.0398. The molecule has 4 rings (SSSR count). The van der Waals surface area contributed by atoms with E-state index in [9.17, 15) is 9.18 Å². The number of halogens is 1. The van der Waals surface area contributed by atoms with Gasteiger partial charge in [-0.15, -0.1) is 0 Å². The number of pyridine rings is 1. The van der Waals surface area contributed by atoms with Crippen molar-refractivity contribution in [2.24, 2.45) is 5.92 Å². The fourth-order valence-corrected chi connectivity index (χ4v) is 3.92. The molecule has 1 atom stereocenters. The summed E-state index contributed by atoms with van der Waals surface area (Å²) in [6.07, 6.45) is 5.41. The quantitative estimate of drug-likeness (QED) is 0.591. The highest BCUT2D eigenvalue weighted by Crippen LogP contribution is 2.27. The van der Waals surface area contributed by atoms with Crippen LogP contribution in [0, 0.1) is 11.7 Å². The van der Waals surface area contributed by atoms with E-state index in [1.54, 1.807) is 24.5 Å². The van der Waals surface area contributed by atoms with Gasteiger partial charge < -0.3 is 0 Å². The molecule has 1 aromatic heterocycles. The summed E-state index contributed by atoms with van der Waals surface area (Å²) in [5.74, 6) is -0.392. The van der Waals surface area contributed by atoms with Crippen LogP contribution in [0.15, 0.2) is 73.1 Å². The fraction of sp³-hybridized carbons (Fsp3) is 0.250. The lowest BCUT2D eigenvalue weighted by molar-refractivity contribution is 0.0811. The molecule has 0 amide bonds. The second-order valence-corrected chi connectivity index (χ2v) is 7.35. The third kappa shape index (κ3) is 4.18. The molecule has 2 heterocycles. The van der Waals surface area contributed by atoms with Crippen LogP contribution in [0.3, 0.4) is 0 Å². The van der Waals surface area contributed by atoms with Crippen molar-refractivity contribution in [3.8, 4) is 11.1 Å². The third-order valence-electron chi connectivity index (χ3n) is 5.37. The molecule has 3 aromatic rings. The van der Waals surface area contributed by atoms with Gasteiger partial charge in [-0.1, -0.05) is 42.5 Å². The van der Waals surface area contributed by atoms with Gasteiger partial charge >= 0.3 is 0 Å². The maximum atomic E-state index is 14.7. The van der Waals surface area contributed by atoms with E-state index in [2.05, 4.69) is 9.88 Å². The number of piperidine rings is 1. The van der Waals surface area contributed by atoms with Crippen LogP contribution in [0.5, 0.6) is 0 Å². The number of ketones is 1. The molecule has 1 unspecified atom stereocenters. The van der Waals surface area contributed by atoms with Crippen molar-refractivity contribution >= 4 is 5.78 Å². The summed E-state index contributed by atoms with van der Waals surface area (Å²) < 4.78 is 14.7. The summed E-state index contributed by atoms with van der Waals surface area (Å²) in [5.41, 5.74) is 3.01. The maximum Gasteiger partial charge on any atom is 0.167 e. The summed E-state index contributed by atoms with van der Waals surface area (Å²) in [5, 5.41) is 0. The van der Waals surface area contributed by atoms with Gasteiger partial charge in [-0.3, -0.25) is 14.7 Å². The summed E-state index contributed by atoms with van der Waals surface area (Å²) in [7, 11) is 0. The maximum absolute atomic E-state index is 14.7. The Kier molecular flexibility index (Phi) is 5.58. The highest BCUT2D eigenvalue weighted by Gasteiger charge is 2.27. The fourth-order valence-electron chi connectivity index (χ4n) is 3.92. The first-order valence-electron chi connectivity index (χ1n) is 9.71. The minimum atomic E-state index is -0.346. The molecule has 1 fully saturated rings. The van der Waals surface area contributed by atoms with Crippen molar-refractivity contribution in [1.82, 2.24) is 9.88 Å². The Morgan fingerprint density at radius 3 is 2.61 bits per heavy atom. The van der Waals surface area contributed by atoms with Gasteiger partial charge in [0.05, 0.1) is 0 Å². The van der Waals surface area contributed by atoms with Crippen molar-refractivity contribution in [2.45, 2.75) is 19.4 Å². The van der Waals surface area contributed by atoms with E-state index in [4.69, 9.17) is 0 Å². The molecule has 0 aliphatic carbocycles. The monoisotopic (exact) mass is 374 g/mol. The van der Waals surface area contributed by atoms with Gasteiger partial charge in [-0.05, 0) is 48.7 Å². The van der Waals surface area contributed by atoms with Gasteiger partial charge in [0.1, 0.15) is 5.82 Å². The second-order valence-electron chi connectivity index (χ2n) is 7.35. The number of rotatable bonds is 5. The van der Waals surface area contributed by atoms with Crippen LogP contribution in [0.1, 0.15) is 28.8 Å². The van der Waals surface area contributed by atoms with Gasteiger partial charge in [-0.25, -0.2) is 4.39 Å². The van der Waals surface area contributed by atoms with Crippen molar-refractivity contribution in [3.05, 3.63) is 90.0 Å². The smallest absolute Gasteiger partial charge is 0.167 e. The molecule has 0 spiro atoms. The average Bonchev–Trinajstić information content (AvgIpc) is 2.75.